The van der Waals surface area contributed by atoms with Gasteiger partial charge in [0, 0.05) is 11.5 Å². The zero-order valence-electron chi connectivity index (χ0n) is 10.7. The highest BCUT2D eigenvalue weighted by molar-refractivity contribution is 7.99. The first-order valence-electron chi connectivity index (χ1n) is 5.79. The van der Waals surface area contributed by atoms with Gasteiger partial charge in [0.1, 0.15) is 6.61 Å². The molecule has 20 heavy (non-hydrogen) atoms. The first-order valence-corrected chi connectivity index (χ1v) is 8.47. The quantitative estimate of drug-likeness (QED) is 0.407. The molecule has 1 rings (SSSR count). The molecule has 111 valence electrons. The number of rotatable bonds is 9. The van der Waals surface area contributed by atoms with Crippen LogP contribution in [0.4, 0.5) is 0 Å². The van der Waals surface area contributed by atoms with Crippen LogP contribution in [-0.4, -0.2) is 33.9 Å². The number of carbonyl (C=O) groups excluding carboxylic acids is 1. The highest BCUT2D eigenvalue weighted by Crippen LogP contribution is 2.35. The Labute approximate surface area is 121 Å². The van der Waals surface area contributed by atoms with E-state index < -0.39 is 13.8 Å². The van der Waals surface area contributed by atoms with Gasteiger partial charge in [-0.15, -0.1) is 0 Å². The van der Waals surface area contributed by atoms with Crippen LogP contribution in [0.5, 0.6) is 0 Å². The third-order valence-electron chi connectivity index (χ3n) is 2.08. The second-order valence-electron chi connectivity index (χ2n) is 3.70. The molecule has 8 heteroatoms. The van der Waals surface area contributed by atoms with Crippen LogP contribution in [0.2, 0.25) is 0 Å². The lowest BCUT2D eigenvalue weighted by atomic mass is 10.2. The van der Waals surface area contributed by atoms with Crippen LogP contribution < -0.4 is 0 Å². The second-order valence-corrected chi connectivity index (χ2v) is 6.09. The van der Waals surface area contributed by atoms with E-state index in [0.717, 1.165) is 5.56 Å². The fraction of sp³-hybridized carbons (Fsp3) is 0.333. The minimum atomic E-state index is -4.39. The Balaban J connectivity index is 2.02. The summed E-state index contributed by atoms with van der Waals surface area (Å²) in [6.45, 7) is 0.157. The molecule has 0 amide bonds. The van der Waals surface area contributed by atoms with Crippen molar-refractivity contribution in [3.63, 3.8) is 0 Å². The van der Waals surface area contributed by atoms with Gasteiger partial charge < -0.3 is 14.5 Å². The van der Waals surface area contributed by atoms with Crippen LogP contribution in [-0.2, 0) is 25.2 Å². The van der Waals surface area contributed by atoms with Gasteiger partial charge in [0.25, 0.3) is 0 Å². The predicted octanol–water partition coefficient (Wildman–Crippen LogP) is 1.78. The molecule has 0 atom stereocenters. The molecule has 1 radical (unpaired) electrons. The average Bonchev–Trinajstić information content (AvgIpc) is 2.40. The lowest BCUT2D eigenvalue weighted by Gasteiger charge is -2.05. The molecule has 0 unspecified atom stereocenters. The molecule has 6 nitrogen and oxygen atoms in total. The summed E-state index contributed by atoms with van der Waals surface area (Å²) in [6.07, 6.45) is 1.38. The lowest BCUT2D eigenvalue weighted by molar-refractivity contribution is -0.140. The fourth-order valence-electron chi connectivity index (χ4n) is 1.21. The van der Waals surface area contributed by atoms with Crippen LogP contribution >= 0.6 is 19.6 Å². The summed E-state index contributed by atoms with van der Waals surface area (Å²) in [5.74, 6) is 0.364. The summed E-state index contributed by atoms with van der Waals surface area (Å²) in [7, 11) is -4.39. The monoisotopic (exact) mass is 319 g/mol. The molecule has 0 aliphatic rings. The molecule has 1 aromatic carbocycles. The number of phosphoric acid groups is 1. The first-order chi connectivity index (χ1) is 9.47. The van der Waals surface area contributed by atoms with Gasteiger partial charge in [0.2, 0.25) is 0 Å². The summed E-state index contributed by atoms with van der Waals surface area (Å²) in [5.41, 5.74) is 0.914. The Morgan fingerprint density at radius 3 is 2.65 bits per heavy atom. The van der Waals surface area contributed by atoms with Crippen LogP contribution in [0.15, 0.2) is 30.3 Å². The molecule has 0 saturated heterocycles. The summed E-state index contributed by atoms with van der Waals surface area (Å²) in [6, 6.07) is 9.34. The van der Waals surface area contributed by atoms with Crippen molar-refractivity contribution in [1.82, 2.24) is 0 Å². The van der Waals surface area contributed by atoms with Gasteiger partial charge in [-0.3, -0.25) is 9.32 Å². The Bertz CT molecular complexity index is 447. The van der Waals surface area contributed by atoms with Crippen molar-refractivity contribution < 1.29 is 28.4 Å². The molecule has 0 aliphatic carbocycles. The fourth-order valence-corrected chi connectivity index (χ4v) is 2.29. The van der Waals surface area contributed by atoms with Gasteiger partial charge in [0.15, 0.2) is 0 Å². The predicted molar refractivity (Wildman–Crippen MR) is 75.9 cm³/mol. The lowest BCUT2D eigenvalue weighted by Crippen LogP contribution is -2.07. The minimum Gasteiger partial charge on any atom is -0.461 e. The molecule has 1 aromatic rings. The second kappa shape index (κ2) is 9.15. The Hall–Kier alpha value is -0.850. The van der Waals surface area contributed by atoms with E-state index in [1.54, 1.807) is 0 Å². The van der Waals surface area contributed by atoms with E-state index >= 15 is 0 Å². The van der Waals surface area contributed by atoms with Gasteiger partial charge in [-0.25, -0.2) is 4.57 Å². The standard InChI is InChI=1S/C12H16O6PS/c13-12(17-10-11-4-2-1-3-5-11)6-8-20-9-7-18-19(14,15)16/h1-6H,7-10H2,(H2,14,15,16). The molecule has 0 aliphatic heterocycles. The molecule has 0 aromatic heterocycles. The summed E-state index contributed by atoms with van der Waals surface area (Å²) in [5, 5.41) is 0. The third kappa shape index (κ3) is 9.12. The van der Waals surface area contributed by atoms with Crippen LogP contribution in [0, 0.1) is 6.42 Å². The van der Waals surface area contributed by atoms with Gasteiger partial charge in [0.05, 0.1) is 13.0 Å². The molecular formula is C12H16O6PS. The van der Waals surface area contributed by atoms with Crippen molar-refractivity contribution in [3.8, 4) is 0 Å². The van der Waals surface area contributed by atoms with Crippen molar-refractivity contribution in [3.05, 3.63) is 42.3 Å². The number of ether oxygens (including phenoxy) is 1. The largest absolute Gasteiger partial charge is 0.469 e. The molecule has 0 saturated carbocycles. The number of carbonyl (C=O) groups is 1. The van der Waals surface area contributed by atoms with E-state index in [1.165, 1.54) is 18.2 Å². The van der Waals surface area contributed by atoms with E-state index in [1.807, 2.05) is 30.3 Å². The molecule has 2 N–H and O–H groups in total. The topological polar surface area (TPSA) is 93.1 Å². The normalized spacial score (nSPS) is 11.3. The first kappa shape index (κ1) is 17.2. The zero-order valence-corrected chi connectivity index (χ0v) is 12.4. The Morgan fingerprint density at radius 1 is 1.30 bits per heavy atom. The van der Waals surface area contributed by atoms with Crippen LogP contribution in [0.1, 0.15) is 5.56 Å². The van der Waals surface area contributed by atoms with Crippen molar-refractivity contribution in [2.24, 2.45) is 0 Å². The highest BCUT2D eigenvalue weighted by atomic mass is 32.2. The Morgan fingerprint density at radius 2 is 2.00 bits per heavy atom. The van der Waals surface area contributed by atoms with Crippen molar-refractivity contribution in [1.29, 1.82) is 0 Å². The highest BCUT2D eigenvalue weighted by Gasteiger charge is 2.12. The summed E-state index contributed by atoms with van der Waals surface area (Å²) >= 11 is 1.32. The van der Waals surface area contributed by atoms with Crippen LogP contribution in [0.3, 0.4) is 0 Å². The number of benzene rings is 1. The molecule has 0 fully saturated rings. The summed E-state index contributed by atoms with van der Waals surface area (Å²) in [4.78, 5) is 28.2. The van der Waals surface area contributed by atoms with E-state index in [4.69, 9.17) is 14.5 Å². The maximum Gasteiger partial charge on any atom is 0.469 e. The number of hydrogen-bond donors (Lipinski definition) is 2. The number of esters is 1. The smallest absolute Gasteiger partial charge is 0.461 e. The van der Waals surface area contributed by atoms with Gasteiger partial charge >= 0.3 is 13.8 Å². The SMILES string of the molecule is O=C([CH]CSCCOP(=O)(O)O)OCc1ccccc1. The maximum atomic E-state index is 11.4. The number of phosphoric ester groups is 1. The minimum absolute atomic E-state index is 0.0676. The van der Waals surface area contributed by atoms with Crippen molar-refractivity contribution in [2.45, 2.75) is 6.61 Å². The number of hydrogen-bond acceptors (Lipinski definition) is 5. The zero-order chi connectivity index (χ0) is 14.8. The molecular weight excluding hydrogens is 303 g/mol. The third-order valence-corrected chi connectivity index (χ3v) is 3.46. The van der Waals surface area contributed by atoms with E-state index in [9.17, 15) is 9.36 Å². The summed E-state index contributed by atoms with van der Waals surface area (Å²) < 4.78 is 19.7. The van der Waals surface area contributed by atoms with Crippen molar-refractivity contribution in [2.75, 3.05) is 18.1 Å². The maximum absolute atomic E-state index is 11.4. The van der Waals surface area contributed by atoms with Gasteiger partial charge in [-0.2, -0.15) is 11.8 Å². The molecule has 0 bridgehead atoms. The van der Waals surface area contributed by atoms with Crippen LogP contribution in [0.25, 0.3) is 0 Å². The Kier molecular flexibility index (Phi) is 7.87. The van der Waals surface area contributed by atoms with E-state index in [-0.39, 0.29) is 13.2 Å². The number of thioether (sulfide) groups is 1. The van der Waals surface area contributed by atoms with Gasteiger partial charge in [-0.05, 0) is 5.56 Å². The molecule has 0 heterocycles. The molecule has 0 spiro atoms. The van der Waals surface area contributed by atoms with E-state index in [0.29, 0.717) is 11.5 Å². The van der Waals surface area contributed by atoms with E-state index in [2.05, 4.69) is 4.52 Å². The van der Waals surface area contributed by atoms with Crippen molar-refractivity contribution >= 4 is 25.6 Å². The van der Waals surface area contributed by atoms with Gasteiger partial charge in [-0.1, -0.05) is 30.3 Å². The average molecular weight is 319 g/mol.